The molecule has 0 spiro atoms. The van der Waals surface area contributed by atoms with E-state index in [0.29, 0.717) is 18.7 Å². The number of rotatable bonds is 9. The molecule has 0 radical (unpaired) electrons. The van der Waals surface area contributed by atoms with Crippen molar-refractivity contribution in [2.45, 2.75) is 40.2 Å². The Morgan fingerprint density at radius 3 is 2.28 bits per heavy atom. The Labute approximate surface area is 190 Å². The summed E-state index contributed by atoms with van der Waals surface area (Å²) in [5.74, 6) is 0.809. The first-order valence-electron chi connectivity index (χ1n) is 10.6. The fourth-order valence-electron chi connectivity index (χ4n) is 3.68. The van der Waals surface area contributed by atoms with Gasteiger partial charge in [-0.15, -0.1) is 0 Å². The molecule has 1 heterocycles. The van der Waals surface area contributed by atoms with Crippen molar-refractivity contribution in [1.82, 2.24) is 14.9 Å². The van der Waals surface area contributed by atoms with Crippen molar-refractivity contribution in [3.05, 3.63) is 77.4 Å². The van der Waals surface area contributed by atoms with Gasteiger partial charge in [-0.2, -0.15) is 0 Å². The monoisotopic (exact) mass is 454 g/mol. The van der Waals surface area contributed by atoms with Crippen molar-refractivity contribution < 1.29 is 13.2 Å². The van der Waals surface area contributed by atoms with Gasteiger partial charge in [0, 0.05) is 37.6 Å². The minimum Gasteiger partial charge on any atom is -0.352 e. The summed E-state index contributed by atoms with van der Waals surface area (Å²) in [4.78, 5) is 16.5. The normalized spacial score (nSPS) is 11.4. The van der Waals surface area contributed by atoms with E-state index in [2.05, 4.69) is 10.3 Å². The third-order valence-corrected chi connectivity index (χ3v) is 6.38. The first-order chi connectivity index (χ1) is 15.1. The first kappa shape index (κ1) is 23.5. The zero-order valence-corrected chi connectivity index (χ0v) is 19.8. The van der Waals surface area contributed by atoms with Gasteiger partial charge in [-0.25, -0.2) is 13.4 Å². The third-order valence-electron chi connectivity index (χ3n) is 5.19. The molecule has 0 unspecified atom stereocenters. The highest BCUT2D eigenvalue weighted by Crippen LogP contribution is 2.22. The number of aromatic nitrogens is 2. The standard InChI is InChI=1S/C24H30N4O3S/c1-18-14-19(2)16-23(15-18)28(32(4,30)31)12-5-6-24(29)26-17-21-7-9-22(10-8-21)27-13-11-25-20(27)3/h7-11,13-16H,5-6,12,17H2,1-4H3,(H,26,29). The number of anilines is 1. The van der Waals surface area contributed by atoms with E-state index in [-0.39, 0.29) is 18.9 Å². The lowest BCUT2D eigenvalue weighted by Crippen LogP contribution is -2.32. The maximum atomic E-state index is 12.3. The van der Waals surface area contributed by atoms with Crippen molar-refractivity contribution in [3.63, 3.8) is 0 Å². The number of nitrogens with zero attached hydrogens (tertiary/aromatic N) is 3. The molecule has 0 saturated heterocycles. The Bertz CT molecular complexity index is 1160. The Balaban J connectivity index is 1.52. The number of amides is 1. The second-order valence-corrected chi connectivity index (χ2v) is 9.98. The topological polar surface area (TPSA) is 84.3 Å². The van der Waals surface area contributed by atoms with Crippen LogP contribution in [-0.4, -0.2) is 36.7 Å². The zero-order chi connectivity index (χ0) is 23.3. The predicted octanol–water partition coefficient (Wildman–Crippen LogP) is 3.66. The number of aryl methyl sites for hydroxylation is 3. The highest BCUT2D eigenvalue weighted by Gasteiger charge is 2.18. The van der Waals surface area contributed by atoms with E-state index in [0.717, 1.165) is 28.2 Å². The average molecular weight is 455 g/mol. The Morgan fingerprint density at radius 1 is 1.06 bits per heavy atom. The number of imidazole rings is 1. The summed E-state index contributed by atoms with van der Waals surface area (Å²) in [7, 11) is -3.44. The van der Waals surface area contributed by atoms with Crippen molar-refractivity contribution in [2.24, 2.45) is 0 Å². The van der Waals surface area contributed by atoms with E-state index in [9.17, 15) is 13.2 Å². The quantitative estimate of drug-likeness (QED) is 0.535. The van der Waals surface area contributed by atoms with Crippen LogP contribution in [0.2, 0.25) is 0 Å². The number of carbonyl (C=O) groups is 1. The average Bonchev–Trinajstić information content (AvgIpc) is 3.14. The van der Waals surface area contributed by atoms with Crippen LogP contribution < -0.4 is 9.62 Å². The zero-order valence-electron chi connectivity index (χ0n) is 19.0. The molecule has 0 bridgehead atoms. The third kappa shape index (κ3) is 6.20. The fraction of sp³-hybridized carbons (Fsp3) is 0.333. The van der Waals surface area contributed by atoms with E-state index < -0.39 is 10.0 Å². The predicted molar refractivity (Wildman–Crippen MR) is 127 cm³/mol. The smallest absolute Gasteiger partial charge is 0.232 e. The molecule has 3 aromatic rings. The number of hydrogen-bond donors (Lipinski definition) is 1. The van der Waals surface area contributed by atoms with Gasteiger partial charge in [0.15, 0.2) is 0 Å². The largest absolute Gasteiger partial charge is 0.352 e. The van der Waals surface area contributed by atoms with Crippen molar-refractivity contribution in [2.75, 3.05) is 17.1 Å². The van der Waals surface area contributed by atoms with Crippen molar-refractivity contribution in [1.29, 1.82) is 0 Å². The summed E-state index contributed by atoms with van der Waals surface area (Å²) in [6, 6.07) is 13.6. The first-order valence-corrected chi connectivity index (χ1v) is 12.4. The van der Waals surface area contributed by atoms with Gasteiger partial charge in [0.1, 0.15) is 5.82 Å². The molecule has 0 aliphatic heterocycles. The number of nitrogens with one attached hydrogen (secondary N) is 1. The summed E-state index contributed by atoms with van der Waals surface area (Å²) >= 11 is 0. The molecule has 7 nitrogen and oxygen atoms in total. The van der Waals surface area contributed by atoms with Crippen LogP contribution in [0.4, 0.5) is 5.69 Å². The molecule has 1 N–H and O–H groups in total. The van der Waals surface area contributed by atoms with Gasteiger partial charge in [0.2, 0.25) is 15.9 Å². The minimum atomic E-state index is -3.44. The van der Waals surface area contributed by atoms with Crippen LogP contribution in [-0.2, 0) is 21.4 Å². The number of hydrogen-bond acceptors (Lipinski definition) is 4. The summed E-state index contributed by atoms with van der Waals surface area (Å²) in [6.45, 7) is 6.50. The van der Waals surface area contributed by atoms with E-state index >= 15 is 0 Å². The van der Waals surface area contributed by atoms with Gasteiger partial charge in [-0.1, -0.05) is 18.2 Å². The highest BCUT2D eigenvalue weighted by atomic mass is 32.2. The molecule has 8 heteroatoms. The summed E-state index contributed by atoms with van der Waals surface area (Å²) < 4.78 is 28.0. The van der Waals surface area contributed by atoms with Gasteiger partial charge in [-0.3, -0.25) is 9.10 Å². The lowest BCUT2D eigenvalue weighted by molar-refractivity contribution is -0.121. The highest BCUT2D eigenvalue weighted by molar-refractivity contribution is 7.92. The van der Waals surface area contributed by atoms with Gasteiger partial charge < -0.3 is 9.88 Å². The van der Waals surface area contributed by atoms with E-state index in [1.807, 2.05) is 74.0 Å². The SMILES string of the molecule is Cc1cc(C)cc(N(CCCC(=O)NCc2ccc(-n3ccnc3C)cc2)S(C)(=O)=O)c1. The van der Waals surface area contributed by atoms with Crippen LogP contribution in [0.25, 0.3) is 5.69 Å². The Morgan fingerprint density at radius 2 is 1.72 bits per heavy atom. The summed E-state index contributed by atoms with van der Waals surface area (Å²) in [6.07, 6.45) is 5.55. The molecule has 2 aromatic carbocycles. The van der Waals surface area contributed by atoms with Gasteiger partial charge >= 0.3 is 0 Å². The Kier molecular flexibility index (Phi) is 7.35. The molecule has 0 aliphatic rings. The molecular formula is C24H30N4O3S. The molecule has 3 rings (SSSR count). The fourth-order valence-corrected chi connectivity index (χ4v) is 4.63. The maximum absolute atomic E-state index is 12.3. The lowest BCUT2D eigenvalue weighted by atomic mass is 10.1. The Hall–Kier alpha value is -3.13. The van der Waals surface area contributed by atoms with Crippen LogP contribution in [0.3, 0.4) is 0 Å². The van der Waals surface area contributed by atoms with Crippen LogP contribution in [0.15, 0.2) is 54.9 Å². The van der Waals surface area contributed by atoms with E-state index in [1.165, 1.54) is 10.6 Å². The minimum absolute atomic E-state index is 0.103. The summed E-state index contributed by atoms with van der Waals surface area (Å²) in [5, 5.41) is 2.91. The van der Waals surface area contributed by atoms with Crippen molar-refractivity contribution in [3.8, 4) is 5.69 Å². The van der Waals surface area contributed by atoms with E-state index in [1.54, 1.807) is 6.20 Å². The molecule has 0 atom stereocenters. The molecule has 0 saturated carbocycles. The molecule has 170 valence electrons. The van der Waals surface area contributed by atoms with Crippen molar-refractivity contribution >= 4 is 21.6 Å². The lowest BCUT2D eigenvalue weighted by Gasteiger charge is -2.23. The van der Waals surface area contributed by atoms with Gasteiger partial charge in [0.25, 0.3) is 0 Å². The molecule has 32 heavy (non-hydrogen) atoms. The van der Waals surface area contributed by atoms with Crippen LogP contribution in [0.1, 0.15) is 35.4 Å². The van der Waals surface area contributed by atoms with Gasteiger partial charge in [-0.05, 0) is 68.1 Å². The molecule has 1 aromatic heterocycles. The molecule has 0 aliphatic carbocycles. The maximum Gasteiger partial charge on any atom is 0.232 e. The summed E-state index contributed by atoms with van der Waals surface area (Å²) in [5.41, 5.74) is 4.65. The molecular weight excluding hydrogens is 424 g/mol. The van der Waals surface area contributed by atoms with Gasteiger partial charge in [0.05, 0.1) is 11.9 Å². The van der Waals surface area contributed by atoms with Crippen LogP contribution in [0, 0.1) is 20.8 Å². The second-order valence-electron chi connectivity index (χ2n) is 8.07. The number of carbonyl (C=O) groups excluding carboxylic acids is 1. The van der Waals surface area contributed by atoms with E-state index in [4.69, 9.17) is 0 Å². The molecule has 1 amide bonds. The number of benzene rings is 2. The molecule has 0 fully saturated rings. The second kappa shape index (κ2) is 9.99. The van der Waals surface area contributed by atoms with Crippen LogP contribution >= 0.6 is 0 Å². The van der Waals surface area contributed by atoms with Crippen LogP contribution in [0.5, 0.6) is 0 Å². The number of sulfonamides is 1.